The predicted molar refractivity (Wildman–Crippen MR) is 84.1 cm³/mol. The van der Waals surface area contributed by atoms with Crippen molar-refractivity contribution in [3.05, 3.63) is 47.5 Å². The molecule has 0 saturated carbocycles. The van der Waals surface area contributed by atoms with Crippen molar-refractivity contribution in [1.82, 2.24) is 0 Å². The zero-order valence-corrected chi connectivity index (χ0v) is 13.2. The van der Waals surface area contributed by atoms with E-state index in [2.05, 4.69) is 10.1 Å². The van der Waals surface area contributed by atoms with Crippen LogP contribution in [-0.4, -0.2) is 28.8 Å². The van der Waals surface area contributed by atoms with E-state index in [4.69, 9.17) is 14.9 Å². The molecule has 1 aliphatic heterocycles. The third kappa shape index (κ3) is 4.24. The Kier molecular flexibility index (Phi) is 4.75. The lowest BCUT2D eigenvalue weighted by Gasteiger charge is -2.12. The van der Waals surface area contributed by atoms with Crippen molar-refractivity contribution in [2.24, 2.45) is 0 Å². The number of alkyl halides is 3. The van der Waals surface area contributed by atoms with E-state index in [1.807, 2.05) is 0 Å². The van der Waals surface area contributed by atoms with Crippen LogP contribution in [0, 0.1) is 0 Å². The van der Waals surface area contributed by atoms with E-state index < -0.39 is 24.3 Å². The Labute approximate surface area is 145 Å². The average molecular weight is 369 g/mol. The summed E-state index contributed by atoms with van der Waals surface area (Å²) in [6.07, 6.45) is -5.89. The molecule has 138 valence electrons. The average Bonchev–Trinajstić information content (AvgIpc) is 2.67. The van der Waals surface area contributed by atoms with Crippen molar-refractivity contribution in [3.8, 4) is 17.2 Å². The summed E-state index contributed by atoms with van der Waals surface area (Å²) < 4.78 is 46.5. The van der Waals surface area contributed by atoms with Crippen LogP contribution in [0.2, 0.25) is 0 Å². The number of hydrogen-bond donors (Lipinski definition) is 3. The summed E-state index contributed by atoms with van der Waals surface area (Å²) in [5.74, 6) is -0.637. The summed E-state index contributed by atoms with van der Waals surface area (Å²) in [6.45, 7) is 0. The summed E-state index contributed by atoms with van der Waals surface area (Å²) in [6, 6.07) is 8.12. The lowest BCUT2D eigenvalue weighted by atomic mass is 10.0. The van der Waals surface area contributed by atoms with E-state index in [9.17, 15) is 18.0 Å². The fourth-order valence-corrected chi connectivity index (χ4v) is 2.50. The van der Waals surface area contributed by atoms with Crippen molar-refractivity contribution in [3.63, 3.8) is 0 Å². The quantitative estimate of drug-likeness (QED) is 0.721. The maximum atomic E-state index is 12.4. The zero-order chi connectivity index (χ0) is 18.9. The number of fused-ring (bicyclic) bond motifs is 2. The van der Waals surface area contributed by atoms with Gasteiger partial charge in [-0.05, 0) is 36.2 Å². The molecule has 0 spiro atoms. The Morgan fingerprint density at radius 1 is 1.12 bits per heavy atom. The molecule has 0 radical (unpaired) electrons. The van der Waals surface area contributed by atoms with E-state index in [0.717, 1.165) is 12.1 Å². The number of nitrogens with one attached hydrogen (secondary N) is 1. The van der Waals surface area contributed by atoms with E-state index in [0.29, 0.717) is 12.0 Å². The van der Waals surface area contributed by atoms with Crippen LogP contribution in [0.15, 0.2) is 36.4 Å². The van der Waals surface area contributed by atoms with Crippen LogP contribution < -0.4 is 14.8 Å². The predicted octanol–water partition coefficient (Wildman–Crippen LogP) is 3.19. The molecular formula is C17H14F3NO5. The Balaban J connectivity index is 1.87. The molecule has 26 heavy (non-hydrogen) atoms. The summed E-state index contributed by atoms with van der Waals surface area (Å²) >= 11 is 0. The normalized spacial score (nSPS) is 13.4. The van der Waals surface area contributed by atoms with Crippen molar-refractivity contribution in [2.75, 3.05) is 5.32 Å². The van der Waals surface area contributed by atoms with Crippen molar-refractivity contribution in [2.45, 2.75) is 25.5 Å². The second-order valence-corrected chi connectivity index (χ2v) is 5.61. The summed E-state index contributed by atoms with van der Waals surface area (Å²) in [5.41, 5.74) is 0.910. The van der Waals surface area contributed by atoms with Gasteiger partial charge in [0.2, 0.25) is 0 Å². The van der Waals surface area contributed by atoms with Gasteiger partial charge in [0.05, 0.1) is 11.3 Å². The number of carbonyl (C=O) groups is 1. The van der Waals surface area contributed by atoms with Gasteiger partial charge in [-0.1, -0.05) is 6.07 Å². The first kappa shape index (κ1) is 18.0. The van der Waals surface area contributed by atoms with Gasteiger partial charge in [0, 0.05) is 12.5 Å². The minimum Gasteiger partial charge on any atom is -0.454 e. The zero-order valence-electron chi connectivity index (χ0n) is 13.2. The number of aliphatic hydroxyl groups is 2. The van der Waals surface area contributed by atoms with E-state index in [1.54, 1.807) is 12.1 Å². The lowest BCUT2D eigenvalue weighted by Crippen LogP contribution is -2.17. The van der Waals surface area contributed by atoms with Crippen molar-refractivity contribution >= 4 is 11.6 Å². The number of halogens is 3. The number of amides is 1. The third-order valence-corrected chi connectivity index (χ3v) is 3.63. The number of anilines is 1. The van der Waals surface area contributed by atoms with E-state index >= 15 is 0 Å². The molecule has 0 bridgehead atoms. The lowest BCUT2D eigenvalue weighted by molar-refractivity contribution is -0.274. The molecule has 0 atom stereocenters. The number of benzene rings is 2. The third-order valence-electron chi connectivity index (χ3n) is 3.63. The van der Waals surface area contributed by atoms with Gasteiger partial charge in [-0.3, -0.25) is 4.79 Å². The molecule has 3 rings (SSSR count). The standard InChI is InChI=1S/C17H14F3NO5/c18-17(19,20)26-10-3-5-14-12(8-10)21-16(24)11-7-9(2-6-15(22)23)1-4-13(11)25-14/h1,3-5,7-8,15,22-23H,2,6H2,(H,21,24). The fraction of sp³-hybridized carbons (Fsp3) is 0.235. The van der Waals surface area contributed by atoms with Gasteiger partial charge < -0.3 is 25.0 Å². The Morgan fingerprint density at radius 2 is 1.85 bits per heavy atom. The summed E-state index contributed by atoms with van der Waals surface area (Å²) in [7, 11) is 0. The summed E-state index contributed by atoms with van der Waals surface area (Å²) in [4.78, 5) is 12.4. The Bertz CT molecular complexity index is 836. The first-order chi connectivity index (χ1) is 12.2. The number of hydrogen-bond acceptors (Lipinski definition) is 5. The molecule has 2 aromatic carbocycles. The number of ether oxygens (including phenoxy) is 2. The van der Waals surface area contributed by atoms with Gasteiger partial charge >= 0.3 is 6.36 Å². The van der Waals surface area contributed by atoms with Crippen LogP contribution in [0.5, 0.6) is 17.2 Å². The number of rotatable bonds is 4. The topological polar surface area (TPSA) is 88.0 Å². The molecule has 0 aromatic heterocycles. The highest BCUT2D eigenvalue weighted by Crippen LogP contribution is 2.39. The number of aliphatic hydroxyl groups excluding tert-OH is 1. The van der Waals surface area contributed by atoms with Crippen LogP contribution in [0.3, 0.4) is 0 Å². The minimum atomic E-state index is -4.85. The SMILES string of the molecule is O=C1Nc2cc(OC(F)(F)F)ccc2Oc2ccc(CCC(O)O)cc21. The molecular weight excluding hydrogens is 355 g/mol. The monoisotopic (exact) mass is 369 g/mol. The molecule has 1 amide bonds. The smallest absolute Gasteiger partial charge is 0.454 e. The number of carbonyl (C=O) groups excluding carboxylic acids is 1. The molecule has 6 nitrogen and oxygen atoms in total. The highest BCUT2D eigenvalue weighted by Gasteiger charge is 2.32. The molecule has 0 fully saturated rings. The largest absolute Gasteiger partial charge is 0.573 e. The molecule has 1 heterocycles. The Hall–Kier alpha value is -2.78. The van der Waals surface area contributed by atoms with Crippen molar-refractivity contribution < 1.29 is 37.7 Å². The number of aryl methyl sites for hydroxylation is 1. The maximum Gasteiger partial charge on any atom is 0.573 e. The van der Waals surface area contributed by atoms with Crippen LogP contribution in [0.1, 0.15) is 22.3 Å². The van der Waals surface area contributed by atoms with Gasteiger partial charge in [-0.15, -0.1) is 13.2 Å². The summed E-state index contributed by atoms with van der Waals surface area (Å²) in [5, 5.41) is 20.4. The van der Waals surface area contributed by atoms with Crippen LogP contribution >= 0.6 is 0 Å². The van der Waals surface area contributed by atoms with E-state index in [1.165, 1.54) is 12.1 Å². The second-order valence-electron chi connectivity index (χ2n) is 5.61. The van der Waals surface area contributed by atoms with Crippen LogP contribution in [0.4, 0.5) is 18.9 Å². The maximum absolute atomic E-state index is 12.4. The van der Waals surface area contributed by atoms with Crippen LogP contribution in [-0.2, 0) is 6.42 Å². The van der Waals surface area contributed by atoms with Gasteiger partial charge in [0.15, 0.2) is 12.0 Å². The van der Waals surface area contributed by atoms with Gasteiger partial charge in [0.1, 0.15) is 11.5 Å². The molecule has 1 aliphatic rings. The highest BCUT2D eigenvalue weighted by atomic mass is 19.4. The first-order valence-electron chi connectivity index (χ1n) is 7.59. The molecule has 2 aromatic rings. The van der Waals surface area contributed by atoms with Gasteiger partial charge in [-0.25, -0.2) is 0 Å². The fourth-order valence-electron chi connectivity index (χ4n) is 2.50. The highest BCUT2D eigenvalue weighted by molar-refractivity contribution is 6.08. The van der Waals surface area contributed by atoms with Crippen molar-refractivity contribution in [1.29, 1.82) is 0 Å². The van der Waals surface area contributed by atoms with Gasteiger partial charge in [-0.2, -0.15) is 0 Å². The van der Waals surface area contributed by atoms with E-state index in [-0.39, 0.29) is 29.2 Å². The Morgan fingerprint density at radius 3 is 2.54 bits per heavy atom. The molecule has 0 aliphatic carbocycles. The molecule has 3 N–H and O–H groups in total. The second kappa shape index (κ2) is 6.85. The van der Waals surface area contributed by atoms with Crippen LogP contribution in [0.25, 0.3) is 0 Å². The molecule has 0 unspecified atom stereocenters. The first-order valence-corrected chi connectivity index (χ1v) is 7.59. The molecule has 9 heteroatoms. The minimum absolute atomic E-state index is 0.0419. The van der Waals surface area contributed by atoms with Gasteiger partial charge in [0.25, 0.3) is 5.91 Å². The molecule has 0 saturated heterocycles.